The molecular formula is C17H25F2N3O3. The molecule has 3 heterocycles. The first-order chi connectivity index (χ1) is 11.8. The van der Waals surface area contributed by atoms with Crippen molar-refractivity contribution in [2.24, 2.45) is 5.92 Å². The number of carbonyl (C=O) groups excluding carboxylic acids is 1. The number of aliphatic hydroxyl groups excluding tert-OH is 1. The zero-order valence-electron chi connectivity index (χ0n) is 14.6. The quantitative estimate of drug-likeness (QED) is 0.902. The van der Waals surface area contributed by atoms with Crippen LogP contribution in [-0.2, 0) is 4.74 Å². The first-order valence-electron chi connectivity index (χ1n) is 8.78. The maximum atomic E-state index is 12.6. The Morgan fingerprint density at radius 3 is 2.64 bits per heavy atom. The van der Waals surface area contributed by atoms with Crippen molar-refractivity contribution >= 4 is 5.91 Å². The highest BCUT2D eigenvalue weighted by Gasteiger charge is 2.44. The predicted molar refractivity (Wildman–Crippen MR) is 86.3 cm³/mol. The van der Waals surface area contributed by atoms with E-state index in [1.807, 2.05) is 0 Å². The molecule has 140 valence electrons. The van der Waals surface area contributed by atoms with Crippen LogP contribution in [0, 0.1) is 5.92 Å². The van der Waals surface area contributed by atoms with Gasteiger partial charge < -0.3 is 14.7 Å². The molecule has 0 aliphatic carbocycles. The normalized spacial score (nSPS) is 26.6. The third-order valence-electron chi connectivity index (χ3n) is 5.25. The highest BCUT2D eigenvalue weighted by molar-refractivity contribution is 5.92. The summed E-state index contributed by atoms with van der Waals surface area (Å²) in [5.41, 5.74) is -0.368. The molecule has 1 spiro atoms. The van der Waals surface area contributed by atoms with Crippen LogP contribution in [0.1, 0.15) is 56.6 Å². The van der Waals surface area contributed by atoms with E-state index in [0.29, 0.717) is 49.4 Å². The van der Waals surface area contributed by atoms with E-state index >= 15 is 0 Å². The second-order valence-electron chi connectivity index (χ2n) is 7.43. The van der Waals surface area contributed by atoms with Crippen molar-refractivity contribution in [1.82, 2.24) is 14.7 Å². The van der Waals surface area contributed by atoms with E-state index in [1.165, 1.54) is 6.07 Å². The van der Waals surface area contributed by atoms with Crippen molar-refractivity contribution < 1.29 is 23.4 Å². The number of aromatic nitrogens is 2. The molecule has 6 nitrogen and oxygen atoms in total. The largest absolute Gasteiger partial charge is 0.393 e. The van der Waals surface area contributed by atoms with Gasteiger partial charge in [-0.15, -0.1) is 0 Å². The second kappa shape index (κ2) is 6.99. The number of aliphatic hydroxyl groups is 1. The van der Waals surface area contributed by atoms with Crippen LogP contribution in [-0.4, -0.2) is 56.6 Å². The first-order valence-corrected chi connectivity index (χ1v) is 8.78. The van der Waals surface area contributed by atoms with E-state index in [2.05, 4.69) is 18.9 Å². The minimum atomic E-state index is -2.75. The minimum Gasteiger partial charge on any atom is -0.393 e. The molecule has 0 aromatic carbocycles. The minimum absolute atomic E-state index is 0.0211. The van der Waals surface area contributed by atoms with Gasteiger partial charge in [0.25, 0.3) is 5.91 Å². The van der Waals surface area contributed by atoms with Gasteiger partial charge in [0.2, 0.25) is 0 Å². The molecule has 1 N–H and O–H groups in total. The molecule has 0 saturated carbocycles. The van der Waals surface area contributed by atoms with E-state index < -0.39 is 12.2 Å². The molecule has 8 heteroatoms. The summed E-state index contributed by atoms with van der Waals surface area (Å²) < 4.78 is 32.0. The van der Waals surface area contributed by atoms with Crippen LogP contribution < -0.4 is 0 Å². The molecule has 25 heavy (non-hydrogen) atoms. The van der Waals surface area contributed by atoms with Crippen LogP contribution in [0.2, 0.25) is 0 Å². The van der Waals surface area contributed by atoms with Gasteiger partial charge in [0.1, 0.15) is 0 Å². The van der Waals surface area contributed by atoms with Crippen molar-refractivity contribution in [1.29, 1.82) is 0 Å². The lowest BCUT2D eigenvalue weighted by Gasteiger charge is -2.48. The lowest BCUT2D eigenvalue weighted by Crippen LogP contribution is -2.54. The van der Waals surface area contributed by atoms with E-state index in [1.54, 1.807) is 4.90 Å². The highest BCUT2D eigenvalue weighted by Crippen LogP contribution is 2.39. The number of halogens is 2. The van der Waals surface area contributed by atoms with Crippen molar-refractivity contribution in [3.05, 3.63) is 18.0 Å². The van der Waals surface area contributed by atoms with Gasteiger partial charge in [0.15, 0.2) is 5.69 Å². The highest BCUT2D eigenvalue weighted by atomic mass is 19.3. The number of likely N-dealkylation sites (tertiary alicyclic amines) is 1. The van der Waals surface area contributed by atoms with Gasteiger partial charge in [-0.2, -0.15) is 13.9 Å². The molecule has 1 amide bonds. The maximum absolute atomic E-state index is 12.6. The lowest BCUT2D eigenvalue weighted by molar-refractivity contribution is -0.190. The Bertz CT molecular complexity index is 612. The summed E-state index contributed by atoms with van der Waals surface area (Å²) in [5, 5.41) is 13.8. The van der Waals surface area contributed by atoms with Crippen LogP contribution in [0.4, 0.5) is 8.78 Å². The van der Waals surface area contributed by atoms with Gasteiger partial charge >= 0.3 is 6.55 Å². The Morgan fingerprint density at radius 1 is 1.40 bits per heavy atom. The molecule has 0 unspecified atom stereocenters. The Kier molecular flexibility index (Phi) is 5.11. The molecule has 2 atom stereocenters. The van der Waals surface area contributed by atoms with Crippen molar-refractivity contribution in [3.63, 3.8) is 0 Å². The standard InChI is InChI=1S/C17H25F2N3O3/c1-11(2)14-9-12(23)10-17(25-14)4-7-21(8-5-17)15(24)13-3-6-22(20-13)16(18)19/h3,6,11-12,14,16,23H,4-5,7-10H2,1-2H3/t12-,14-/m1/s1. The number of ether oxygens (including phenoxy) is 1. The summed E-state index contributed by atoms with van der Waals surface area (Å²) in [5.74, 6) is -0.0178. The van der Waals surface area contributed by atoms with Gasteiger partial charge in [-0.25, -0.2) is 4.68 Å². The summed E-state index contributed by atoms with van der Waals surface area (Å²) in [6.45, 7) is 2.34. The van der Waals surface area contributed by atoms with Crippen LogP contribution in [0.25, 0.3) is 0 Å². The zero-order valence-corrected chi connectivity index (χ0v) is 14.6. The number of nitrogens with zero attached hydrogens (tertiary/aromatic N) is 3. The summed E-state index contributed by atoms with van der Waals surface area (Å²) in [7, 11) is 0. The molecule has 0 radical (unpaired) electrons. The summed E-state index contributed by atoms with van der Waals surface area (Å²) in [4.78, 5) is 14.1. The smallest absolute Gasteiger partial charge is 0.333 e. The summed E-state index contributed by atoms with van der Waals surface area (Å²) in [6.07, 6.45) is 3.24. The Labute approximate surface area is 145 Å². The van der Waals surface area contributed by atoms with Gasteiger partial charge in [0, 0.05) is 25.7 Å². The first kappa shape index (κ1) is 18.3. The lowest BCUT2D eigenvalue weighted by atomic mass is 9.80. The average Bonchev–Trinajstić information content (AvgIpc) is 3.04. The number of alkyl halides is 2. The van der Waals surface area contributed by atoms with E-state index in [9.17, 15) is 18.7 Å². The molecule has 0 bridgehead atoms. The number of hydrogen-bond acceptors (Lipinski definition) is 4. The topological polar surface area (TPSA) is 67.6 Å². The Morgan fingerprint density at radius 2 is 2.08 bits per heavy atom. The van der Waals surface area contributed by atoms with Gasteiger partial charge in [0.05, 0.1) is 17.8 Å². The molecule has 2 aliphatic rings. The molecular weight excluding hydrogens is 332 g/mol. The van der Waals surface area contributed by atoms with Crippen molar-refractivity contribution in [2.45, 2.75) is 63.9 Å². The number of amides is 1. The number of rotatable bonds is 3. The monoisotopic (exact) mass is 357 g/mol. The summed E-state index contributed by atoms with van der Waals surface area (Å²) in [6, 6.07) is 1.31. The van der Waals surface area contributed by atoms with Crippen LogP contribution in [0.3, 0.4) is 0 Å². The Hall–Kier alpha value is -1.54. The Balaban J connectivity index is 1.63. The SMILES string of the molecule is CC(C)[C@H]1C[C@@H](O)CC2(CCN(C(=O)c3ccn(C(F)F)n3)CC2)O1. The van der Waals surface area contributed by atoms with Gasteiger partial charge in [-0.1, -0.05) is 13.8 Å². The fourth-order valence-electron chi connectivity index (χ4n) is 3.77. The molecule has 3 rings (SSSR count). The third kappa shape index (κ3) is 3.84. The van der Waals surface area contributed by atoms with Crippen LogP contribution in [0.5, 0.6) is 0 Å². The predicted octanol–water partition coefficient (Wildman–Crippen LogP) is 2.45. The van der Waals surface area contributed by atoms with Gasteiger partial charge in [-0.05, 0) is 31.2 Å². The molecule has 2 aliphatic heterocycles. The molecule has 1 aromatic rings. The zero-order chi connectivity index (χ0) is 18.2. The maximum Gasteiger partial charge on any atom is 0.333 e. The van der Waals surface area contributed by atoms with Gasteiger partial charge in [-0.3, -0.25) is 4.79 Å². The molecule has 2 saturated heterocycles. The third-order valence-corrected chi connectivity index (χ3v) is 5.25. The van der Waals surface area contributed by atoms with Crippen molar-refractivity contribution in [2.75, 3.05) is 13.1 Å². The second-order valence-corrected chi connectivity index (χ2v) is 7.43. The fourth-order valence-corrected chi connectivity index (χ4v) is 3.77. The number of carbonyl (C=O) groups is 1. The number of hydrogen-bond donors (Lipinski definition) is 1. The van der Waals surface area contributed by atoms with E-state index in [-0.39, 0.29) is 23.8 Å². The molecule has 2 fully saturated rings. The average molecular weight is 357 g/mol. The summed E-state index contributed by atoms with van der Waals surface area (Å²) >= 11 is 0. The van der Waals surface area contributed by atoms with Crippen LogP contribution in [0.15, 0.2) is 12.3 Å². The fraction of sp³-hybridized carbons (Fsp3) is 0.765. The van der Waals surface area contributed by atoms with E-state index in [0.717, 1.165) is 6.20 Å². The van der Waals surface area contributed by atoms with Crippen LogP contribution >= 0.6 is 0 Å². The number of piperidine rings is 1. The van der Waals surface area contributed by atoms with Crippen molar-refractivity contribution in [3.8, 4) is 0 Å². The molecule has 1 aromatic heterocycles. The van der Waals surface area contributed by atoms with E-state index in [4.69, 9.17) is 4.74 Å².